The largest absolute Gasteiger partial charge is 0.475 e. The first-order valence-corrected chi connectivity index (χ1v) is 8.24. The molecule has 5 nitrogen and oxygen atoms in total. The van der Waals surface area contributed by atoms with E-state index in [1.807, 2.05) is 18.2 Å². The van der Waals surface area contributed by atoms with E-state index in [1.165, 1.54) is 5.56 Å². The van der Waals surface area contributed by atoms with Crippen molar-refractivity contribution in [3.63, 3.8) is 0 Å². The highest BCUT2D eigenvalue weighted by Gasteiger charge is 2.26. The van der Waals surface area contributed by atoms with Gasteiger partial charge < -0.3 is 14.8 Å². The molecule has 5 heteroatoms. The minimum atomic E-state index is -0.0902. The van der Waals surface area contributed by atoms with Crippen molar-refractivity contribution in [1.82, 2.24) is 4.98 Å². The van der Waals surface area contributed by atoms with Crippen LogP contribution in [-0.4, -0.2) is 31.2 Å². The molecule has 0 aliphatic heterocycles. The van der Waals surface area contributed by atoms with Gasteiger partial charge in [0.25, 0.3) is 0 Å². The van der Waals surface area contributed by atoms with E-state index >= 15 is 0 Å². The zero-order valence-electron chi connectivity index (χ0n) is 13.8. The third-order valence-corrected chi connectivity index (χ3v) is 4.23. The van der Waals surface area contributed by atoms with Gasteiger partial charge in [0.05, 0.1) is 24.4 Å². The summed E-state index contributed by atoms with van der Waals surface area (Å²) >= 11 is 0. The van der Waals surface area contributed by atoms with E-state index in [0.717, 1.165) is 24.8 Å². The fourth-order valence-electron chi connectivity index (χ4n) is 3.02. The Morgan fingerprint density at radius 3 is 2.92 bits per heavy atom. The zero-order valence-corrected chi connectivity index (χ0v) is 13.8. The van der Waals surface area contributed by atoms with E-state index in [-0.39, 0.29) is 11.8 Å². The van der Waals surface area contributed by atoms with Crippen LogP contribution in [0.5, 0.6) is 5.88 Å². The highest BCUT2D eigenvalue weighted by molar-refractivity contribution is 5.96. The minimum absolute atomic E-state index is 0.0250. The maximum atomic E-state index is 12.6. The Kier molecular flexibility index (Phi) is 5.43. The van der Waals surface area contributed by atoms with Gasteiger partial charge in [-0.2, -0.15) is 0 Å². The van der Waals surface area contributed by atoms with Crippen LogP contribution in [0.1, 0.15) is 29.9 Å². The first kappa shape index (κ1) is 16.5. The molecule has 0 saturated carbocycles. The number of pyridine rings is 1. The molecule has 1 amide bonds. The molecule has 0 bridgehead atoms. The number of carbonyl (C=O) groups excluding carboxylic acids is 1. The van der Waals surface area contributed by atoms with Crippen LogP contribution in [0.4, 0.5) is 5.69 Å². The van der Waals surface area contributed by atoms with Crippen LogP contribution in [-0.2, 0) is 16.0 Å². The molecule has 1 aromatic heterocycles. The molecule has 1 aromatic carbocycles. The van der Waals surface area contributed by atoms with Crippen LogP contribution in [0.2, 0.25) is 0 Å². The van der Waals surface area contributed by atoms with Crippen LogP contribution >= 0.6 is 0 Å². The summed E-state index contributed by atoms with van der Waals surface area (Å²) in [6.07, 6.45) is 4.60. The summed E-state index contributed by atoms with van der Waals surface area (Å²) in [6.45, 7) is 0.968. The smallest absolute Gasteiger partial charge is 0.231 e. The summed E-state index contributed by atoms with van der Waals surface area (Å²) < 4.78 is 10.3. The van der Waals surface area contributed by atoms with Gasteiger partial charge in [-0.15, -0.1) is 0 Å². The van der Waals surface area contributed by atoms with Gasteiger partial charge in [0.1, 0.15) is 6.61 Å². The Labute approximate surface area is 142 Å². The molecule has 1 aliphatic carbocycles. The predicted molar refractivity (Wildman–Crippen MR) is 92.4 cm³/mol. The number of anilines is 1. The first-order valence-electron chi connectivity index (χ1n) is 8.24. The van der Waals surface area contributed by atoms with Crippen LogP contribution in [0.25, 0.3) is 0 Å². The van der Waals surface area contributed by atoms with Gasteiger partial charge in [-0.05, 0) is 36.5 Å². The standard InChI is InChI=1S/C19H22N2O3/c1-23-11-12-24-18-10-9-15(13-20-18)21-19(22)17-8-4-6-14-5-2-3-7-16(14)17/h2-3,5,7,9-10,13,17H,4,6,8,11-12H2,1H3,(H,21,22)/t17-/m1/s1. The third kappa shape index (κ3) is 3.92. The van der Waals surface area contributed by atoms with E-state index < -0.39 is 0 Å². The second kappa shape index (κ2) is 7.93. The molecular formula is C19H22N2O3. The monoisotopic (exact) mass is 326 g/mol. The van der Waals surface area contributed by atoms with Gasteiger partial charge in [0, 0.05) is 13.2 Å². The molecule has 1 aliphatic rings. The summed E-state index contributed by atoms with van der Waals surface area (Å²) in [5.74, 6) is 0.456. The molecule has 1 heterocycles. The summed E-state index contributed by atoms with van der Waals surface area (Å²) in [6, 6.07) is 11.8. The van der Waals surface area contributed by atoms with Gasteiger partial charge in [0.15, 0.2) is 0 Å². The van der Waals surface area contributed by atoms with Crippen molar-refractivity contribution in [2.45, 2.75) is 25.2 Å². The zero-order chi connectivity index (χ0) is 16.8. The van der Waals surface area contributed by atoms with Crippen molar-refractivity contribution in [3.05, 3.63) is 53.7 Å². The number of fused-ring (bicyclic) bond motifs is 1. The number of amides is 1. The molecule has 2 aromatic rings. The molecule has 1 atom stereocenters. The Balaban J connectivity index is 1.63. The molecule has 0 saturated heterocycles. The lowest BCUT2D eigenvalue weighted by Crippen LogP contribution is -2.24. The highest BCUT2D eigenvalue weighted by atomic mass is 16.5. The number of benzene rings is 1. The van der Waals surface area contributed by atoms with Crippen LogP contribution < -0.4 is 10.1 Å². The first-order chi connectivity index (χ1) is 11.8. The number of hydrogen-bond donors (Lipinski definition) is 1. The number of carbonyl (C=O) groups is 1. The number of ether oxygens (including phenoxy) is 2. The Morgan fingerprint density at radius 1 is 1.25 bits per heavy atom. The van der Waals surface area contributed by atoms with Crippen LogP contribution in [0, 0.1) is 0 Å². The lowest BCUT2D eigenvalue weighted by molar-refractivity contribution is -0.117. The maximum absolute atomic E-state index is 12.6. The lowest BCUT2D eigenvalue weighted by Gasteiger charge is -2.24. The van der Waals surface area contributed by atoms with Crippen molar-refractivity contribution in [3.8, 4) is 5.88 Å². The average molecular weight is 326 g/mol. The summed E-state index contributed by atoms with van der Waals surface area (Å²) in [4.78, 5) is 16.8. The lowest BCUT2D eigenvalue weighted by atomic mass is 9.82. The SMILES string of the molecule is COCCOc1ccc(NC(=O)[C@@H]2CCCc3ccccc32)cn1. The van der Waals surface area contributed by atoms with Gasteiger partial charge in [-0.25, -0.2) is 4.98 Å². The van der Waals surface area contributed by atoms with Crippen molar-refractivity contribution >= 4 is 11.6 Å². The topological polar surface area (TPSA) is 60.5 Å². The van der Waals surface area contributed by atoms with Crippen molar-refractivity contribution in [2.75, 3.05) is 25.6 Å². The van der Waals surface area contributed by atoms with E-state index in [0.29, 0.717) is 24.8 Å². The summed E-state index contributed by atoms with van der Waals surface area (Å²) in [7, 11) is 1.62. The molecule has 1 N–H and O–H groups in total. The van der Waals surface area contributed by atoms with E-state index in [1.54, 1.807) is 19.4 Å². The second-order valence-corrected chi connectivity index (χ2v) is 5.86. The highest BCUT2D eigenvalue weighted by Crippen LogP contribution is 2.32. The number of aryl methyl sites for hydroxylation is 1. The normalized spacial score (nSPS) is 16.3. The predicted octanol–water partition coefficient (Wildman–Crippen LogP) is 3.17. The molecule has 0 spiro atoms. The minimum Gasteiger partial charge on any atom is -0.475 e. The quantitative estimate of drug-likeness (QED) is 0.828. The van der Waals surface area contributed by atoms with E-state index in [2.05, 4.69) is 22.4 Å². The fraction of sp³-hybridized carbons (Fsp3) is 0.368. The molecule has 0 radical (unpaired) electrons. The number of nitrogens with one attached hydrogen (secondary N) is 1. The van der Waals surface area contributed by atoms with Crippen LogP contribution in [0.15, 0.2) is 42.6 Å². The van der Waals surface area contributed by atoms with Crippen LogP contribution in [0.3, 0.4) is 0 Å². The average Bonchev–Trinajstić information content (AvgIpc) is 2.63. The molecule has 0 fully saturated rings. The Morgan fingerprint density at radius 2 is 2.12 bits per heavy atom. The number of hydrogen-bond acceptors (Lipinski definition) is 4. The van der Waals surface area contributed by atoms with Crippen molar-refractivity contribution < 1.29 is 14.3 Å². The Bertz CT molecular complexity index is 685. The van der Waals surface area contributed by atoms with Gasteiger partial charge >= 0.3 is 0 Å². The van der Waals surface area contributed by atoms with E-state index in [4.69, 9.17) is 9.47 Å². The molecular weight excluding hydrogens is 304 g/mol. The van der Waals surface area contributed by atoms with E-state index in [9.17, 15) is 4.79 Å². The molecule has 24 heavy (non-hydrogen) atoms. The maximum Gasteiger partial charge on any atom is 0.231 e. The van der Waals surface area contributed by atoms with Gasteiger partial charge in [-0.1, -0.05) is 24.3 Å². The number of nitrogens with zero attached hydrogens (tertiary/aromatic N) is 1. The molecule has 0 unspecified atom stereocenters. The van der Waals surface area contributed by atoms with Gasteiger partial charge in [0.2, 0.25) is 11.8 Å². The van der Waals surface area contributed by atoms with Crippen molar-refractivity contribution in [2.24, 2.45) is 0 Å². The van der Waals surface area contributed by atoms with Gasteiger partial charge in [-0.3, -0.25) is 4.79 Å². The second-order valence-electron chi connectivity index (χ2n) is 5.86. The number of methoxy groups -OCH3 is 1. The number of aromatic nitrogens is 1. The third-order valence-electron chi connectivity index (χ3n) is 4.23. The summed E-state index contributed by atoms with van der Waals surface area (Å²) in [5, 5.41) is 2.97. The molecule has 126 valence electrons. The number of rotatable bonds is 6. The fourth-order valence-corrected chi connectivity index (χ4v) is 3.02. The summed E-state index contributed by atoms with van der Waals surface area (Å²) in [5.41, 5.74) is 3.11. The Hall–Kier alpha value is -2.40. The molecule has 3 rings (SSSR count). The van der Waals surface area contributed by atoms with Crippen molar-refractivity contribution in [1.29, 1.82) is 0 Å².